The molecule has 0 radical (unpaired) electrons. The van der Waals surface area contributed by atoms with Gasteiger partial charge in [0.05, 0.1) is 18.7 Å². The van der Waals surface area contributed by atoms with Crippen molar-refractivity contribution in [2.45, 2.75) is 18.9 Å². The summed E-state index contributed by atoms with van der Waals surface area (Å²) in [4.78, 5) is 1.75. The van der Waals surface area contributed by atoms with Crippen LogP contribution in [0.15, 0.2) is 23.8 Å². The van der Waals surface area contributed by atoms with Gasteiger partial charge in [0, 0.05) is 0 Å². The van der Waals surface area contributed by atoms with Gasteiger partial charge in [-0.15, -0.1) is 0 Å². The lowest BCUT2D eigenvalue weighted by Crippen LogP contribution is -2.32. The summed E-state index contributed by atoms with van der Waals surface area (Å²) < 4.78 is 0. The van der Waals surface area contributed by atoms with Crippen molar-refractivity contribution >= 4 is 0 Å². The van der Waals surface area contributed by atoms with Gasteiger partial charge in [-0.1, -0.05) is 18.2 Å². The van der Waals surface area contributed by atoms with Crippen molar-refractivity contribution in [1.82, 2.24) is 4.90 Å². The summed E-state index contributed by atoms with van der Waals surface area (Å²) in [7, 11) is 1.79. The quantitative estimate of drug-likeness (QED) is 0.631. The summed E-state index contributed by atoms with van der Waals surface area (Å²) in [6, 6.07) is 3.97. The average Bonchev–Trinajstić information content (AvgIpc) is 2.21. The topological polar surface area (TPSA) is 50.8 Å². The maximum atomic E-state index is 9.00. The molecule has 0 amide bonds. The molecule has 1 aliphatic carbocycles. The van der Waals surface area contributed by atoms with Crippen LogP contribution in [0.3, 0.4) is 0 Å². The molecule has 1 atom stereocenters. The van der Waals surface area contributed by atoms with Crippen LogP contribution in [0.2, 0.25) is 0 Å². The van der Waals surface area contributed by atoms with Gasteiger partial charge in [-0.3, -0.25) is 4.90 Å². The molecule has 0 spiro atoms. The molecule has 0 saturated carbocycles. The van der Waals surface area contributed by atoms with Crippen molar-refractivity contribution in [3.63, 3.8) is 0 Å². The van der Waals surface area contributed by atoms with Crippen molar-refractivity contribution < 1.29 is 0 Å². The van der Waals surface area contributed by atoms with Gasteiger partial charge in [0.1, 0.15) is 6.04 Å². The van der Waals surface area contributed by atoms with Gasteiger partial charge < -0.3 is 0 Å². The Morgan fingerprint density at radius 3 is 2.79 bits per heavy atom. The first kappa shape index (κ1) is 10.5. The van der Waals surface area contributed by atoms with Crippen LogP contribution in [-0.2, 0) is 0 Å². The smallest absolute Gasteiger partial charge is 0.124 e. The van der Waals surface area contributed by atoms with Crippen LogP contribution in [0, 0.1) is 22.7 Å². The highest BCUT2D eigenvalue weighted by atomic mass is 15.1. The van der Waals surface area contributed by atoms with Gasteiger partial charge in [0.2, 0.25) is 0 Å². The van der Waals surface area contributed by atoms with E-state index >= 15 is 0 Å². The third-order valence-corrected chi connectivity index (χ3v) is 2.22. The van der Waals surface area contributed by atoms with Crippen molar-refractivity contribution in [2.24, 2.45) is 0 Å². The number of hydrogen-bond acceptors (Lipinski definition) is 3. The molecule has 0 heterocycles. The van der Waals surface area contributed by atoms with E-state index in [1.165, 1.54) is 0 Å². The fourth-order valence-corrected chi connectivity index (χ4v) is 1.47. The summed E-state index contributed by atoms with van der Waals surface area (Å²) in [5.41, 5.74) is 1.01. The second-order valence-electron chi connectivity index (χ2n) is 3.29. The maximum Gasteiger partial charge on any atom is 0.124 e. The van der Waals surface area contributed by atoms with Gasteiger partial charge in [-0.2, -0.15) is 10.5 Å². The lowest BCUT2D eigenvalue weighted by molar-refractivity contribution is 0.355. The molecule has 0 aliphatic heterocycles. The normalized spacial score (nSPS) is 17.0. The zero-order valence-corrected chi connectivity index (χ0v) is 8.27. The summed E-state index contributed by atoms with van der Waals surface area (Å²) in [6.45, 7) is 0.281. The lowest BCUT2D eigenvalue weighted by atomic mass is 10.0. The Labute approximate surface area is 84.5 Å². The summed E-state index contributed by atoms with van der Waals surface area (Å²) in [6.07, 6.45) is 8.15. The first-order valence-electron chi connectivity index (χ1n) is 4.63. The van der Waals surface area contributed by atoms with Crippen molar-refractivity contribution in [3.05, 3.63) is 23.8 Å². The SMILES string of the molecule is CN(CC#N)C(C#N)C1=CCCC=C1. The average molecular weight is 187 g/mol. The number of likely N-dealkylation sites (N-methyl/N-ethyl adjacent to an activating group) is 1. The van der Waals surface area contributed by atoms with E-state index in [0.29, 0.717) is 0 Å². The van der Waals surface area contributed by atoms with E-state index in [-0.39, 0.29) is 12.6 Å². The zero-order chi connectivity index (χ0) is 10.4. The van der Waals surface area contributed by atoms with Crippen LogP contribution in [0.25, 0.3) is 0 Å². The van der Waals surface area contributed by atoms with Crippen LogP contribution in [-0.4, -0.2) is 24.5 Å². The molecule has 3 heteroatoms. The Bertz CT molecular complexity index is 327. The van der Waals surface area contributed by atoms with Crippen LogP contribution in [0.5, 0.6) is 0 Å². The molecule has 0 fully saturated rings. The molecular weight excluding hydrogens is 174 g/mol. The van der Waals surface area contributed by atoms with E-state index in [9.17, 15) is 0 Å². The number of rotatable bonds is 3. The molecule has 0 saturated heterocycles. The van der Waals surface area contributed by atoms with Crippen LogP contribution in [0.4, 0.5) is 0 Å². The number of hydrogen-bond donors (Lipinski definition) is 0. The van der Waals surface area contributed by atoms with Gasteiger partial charge in [-0.05, 0) is 25.5 Å². The molecule has 0 bridgehead atoms. The molecule has 0 aromatic rings. The predicted octanol–water partition coefficient (Wildman–Crippen LogP) is 1.61. The minimum absolute atomic E-state index is 0.281. The Morgan fingerprint density at radius 1 is 1.50 bits per heavy atom. The first-order chi connectivity index (χ1) is 6.79. The third-order valence-electron chi connectivity index (χ3n) is 2.22. The first-order valence-corrected chi connectivity index (χ1v) is 4.63. The number of nitrogens with zero attached hydrogens (tertiary/aromatic N) is 3. The molecule has 1 aliphatic rings. The summed E-state index contributed by atoms with van der Waals surface area (Å²) in [5.74, 6) is 0. The fourth-order valence-electron chi connectivity index (χ4n) is 1.47. The highest BCUT2D eigenvalue weighted by Gasteiger charge is 2.17. The summed E-state index contributed by atoms with van der Waals surface area (Å²) in [5, 5.41) is 17.5. The molecule has 0 aromatic carbocycles. The lowest BCUT2D eigenvalue weighted by Gasteiger charge is -2.21. The Morgan fingerprint density at radius 2 is 2.29 bits per heavy atom. The van der Waals surface area contributed by atoms with Crippen LogP contribution in [0.1, 0.15) is 12.8 Å². The van der Waals surface area contributed by atoms with E-state index in [1.54, 1.807) is 11.9 Å². The predicted molar refractivity (Wildman–Crippen MR) is 54.1 cm³/mol. The molecule has 14 heavy (non-hydrogen) atoms. The molecular formula is C11H13N3. The van der Waals surface area contributed by atoms with E-state index < -0.39 is 0 Å². The van der Waals surface area contributed by atoms with Gasteiger partial charge in [-0.25, -0.2) is 0 Å². The number of nitriles is 2. The molecule has 3 nitrogen and oxygen atoms in total. The highest BCUT2D eigenvalue weighted by Crippen LogP contribution is 2.16. The van der Waals surface area contributed by atoms with Gasteiger partial charge in [0.25, 0.3) is 0 Å². The minimum atomic E-state index is -0.286. The maximum absolute atomic E-state index is 9.00. The second-order valence-corrected chi connectivity index (χ2v) is 3.29. The minimum Gasteiger partial charge on any atom is -0.274 e. The zero-order valence-electron chi connectivity index (χ0n) is 8.27. The van der Waals surface area contributed by atoms with Crippen molar-refractivity contribution in [2.75, 3.05) is 13.6 Å². The fraction of sp³-hybridized carbons (Fsp3) is 0.455. The van der Waals surface area contributed by atoms with Gasteiger partial charge >= 0.3 is 0 Å². The summed E-state index contributed by atoms with van der Waals surface area (Å²) >= 11 is 0. The molecule has 72 valence electrons. The van der Waals surface area contributed by atoms with E-state index in [0.717, 1.165) is 18.4 Å². The second kappa shape index (κ2) is 5.21. The molecule has 1 unspecified atom stereocenters. The molecule has 0 aromatic heterocycles. The Hall–Kier alpha value is -1.58. The van der Waals surface area contributed by atoms with E-state index in [2.05, 4.69) is 18.2 Å². The van der Waals surface area contributed by atoms with Crippen LogP contribution >= 0.6 is 0 Å². The van der Waals surface area contributed by atoms with Crippen LogP contribution < -0.4 is 0 Å². The highest BCUT2D eigenvalue weighted by molar-refractivity contribution is 5.32. The third kappa shape index (κ3) is 2.45. The Balaban J connectivity index is 2.72. The number of allylic oxidation sites excluding steroid dienone is 2. The van der Waals surface area contributed by atoms with E-state index in [1.807, 2.05) is 12.1 Å². The molecule has 0 N–H and O–H groups in total. The monoisotopic (exact) mass is 187 g/mol. The Kier molecular flexibility index (Phi) is 3.91. The molecule has 1 rings (SSSR count). The van der Waals surface area contributed by atoms with Crippen molar-refractivity contribution in [3.8, 4) is 12.1 Å². The van der Waals surface area contributed by atoms with E-state index in [4.69, 9.17) is 10.5 Å². The largest absolute Gasteiger partial charge is 0.274 e. The van der Waals surface area contributed by atoms with Crippen molar-refractivity contribution in [1.29, 1.82) is 10.5 Å². The standard InChI is InChI=1S/C11H13N3/c1-14(8-7-12)11(9-13)10-5-3-2-4-6-10/h3,5-6,11H,2,4,8H2,1H3. The van der Waals surface area contributed by atoms with Gasteiger partial charge in [0.15, 0.2) is 0 Å².